The molecule has 182 valence electrons. The topological polar surface area (TPSA) is 42.3 Å². The molecule has 2 unspecified atom stereocenters. The van der Waals surface area contributed by atoms with E-state index in [0.29, 0.717) is 5.11 Å². The van der Waals surface area contributed by atoms with Gasteiger partial charge in [-0.1, -0.05) is 40.2 Å². The summed E-state index contributed by atoms with van der Waals surface area (Å²) in [5, 5.41) is 4.20. The summed E-state index contributed by atoms with van der Waals surface area (Å²) in [4.78, 5) is 6.85. The third-order valence-electron chi connectivity index (χ3n) is 6.38. The predicted octanol–water partition coefficient (Wildman–Crippen LogP) is 7.60. The van der Waals surface area contributed by atoms with Gasteiger partial charge in [0.15, 0.2) is 5.11 Å². The lowest BCUT2D eigenvalue weighted by Gasteiger charge is -2.29. The Morgan fingerprint density at radius 2 is 1.46 bits per heavy atom. The second-order valence-electron chi connectivity index (χ2n) is 8.69. The average molecular weight is 568 g/mol. The lowest BCUT2D eigenvalue weighted by atomic mass is 10.0. The molecule has 2 aromatic heterocycles. The van der Waals surface area contributed by atoms with Gasteiger partial charge in [-0.25, -0.2) is 0 Å². The third-order valence-corrected chi connectivity index (χ3v) is 7.22. The number of nitrogens with one attached hydrogen (secondary N) is 1. The van der Waals surface area contributed by atoms with E-state index in [-0.39, 0.29) is 12.1 Å². The molecule has 0 radical (unpaired) electrons. The minimum Gasteiger partial charge on any atom is -0.457 e. The Kier molecular flexibility index (Phi) is 6.47. The molecule has 5 aromatic rings. The van der Waals surface area contributed by atoms with Crippen LogP contribution in [-0.2, 0) is 0 Å². The van der Waals surface area contributed by atoms with E-state index in [1.807, 2.05) is 79.0 Å². The van der Waals surface area contributed by atoms with Gasteiger partial charge in [-0.2, -0.15) is 0 Å². The van der Waals surface area contributed by atoms with Crippen molar-refractivity contribution in [1.29, 1.82) is 0 Å². The van der Waals surface area contributed by atoms with Crippen LogP contribution in [-0.4, -0.2) is 14.7 Å². The highest BCUT2D eigenvalue weighted by Gasteiger charge is 2.42. The normalized spacial score (nSPS) is 17.0. The van der Waals surface area contributed by atoms with Crippen LogP contribution in [0.15, 0.2) is 126 Å². The first-order valence-corrected chi connectivity index (χ1v) is 13.1. The van der Waals surface area contributed by atoms with Gasteiger partial charge in [0.05, 0.1) is 11.7 Å². The molecule has 0 aliphatic carbocycles. The highest BCUT2D eigenvalue weighted by atomic mass is 79.9. The summed E-state index contributed by atoms with van der Waals surface area (Å²) in [6.07, 6.45) is 3.91. The van der Waals surface area contributed by atoms with Crippen molar-refractivity contribution >= 4 is 38.9 Å². The Morgan fingerprint density at radius 3 is 2.19 bits per heavy atom. The number of pyridine rings is 1. The molecule has 7 heteroatoms. The second kappa shape index (κ2) is 10.2. The first-order chi connectivity index (χ1) is 18.2. The zero-order chi connectivity index (χ0) is 25.2. The number of hydrogen-bond donors (Lipinski definition) is 1. The largest absolute Gasteiger partial charge is 0.457 e. The molecular weight excluding hydrogens is 544 g/mol. The number of nitrogens with zero attached hydrogens (tertiary/aromatic N) is 3. The van der Waals surface area contributed by atoms with Crippen LogP contribution in [0.4, 0.5) is 5.69 Å². The molecule has 2 atom stereocenters. The molecule has 5 nitrogen and oxygen atoms in total. The molecule has 1 fully saturated rings. The Bertz CT molecular complexity index is 1510. The number of anilines is 1. The third kappa shape index (κ3) is 4.75. The first kappa shape index (κ1) is 23.5. The summed E-state index contributed by atoms with van der Waals surface area (Å²) >= 11 is 9.45. The van der Waals surface area contributed by atoms with Crippen molar-refractivity contribution in [2.75, 3.05) is 4.90 Å². The molecule has 3 aromatic carbocycles. The fraction of sp³-hybridized carbons (Fsp3) is 0.0667. The van der Waals surface area contributed by atoms with Crippen LogP contribution in [0.25, 0.3) is 5.69 Å². The number of ether oxygens (including phenoxy) is 1. The maximum atomic E-state index is 6.01. The van der Waals surface area contributed by atoms with E-state index < -0.39 is 0 Å². The summed E-state index contributed by atoms with van der Waals surface area (Å²) in [5.41, 5.74) is 4.09. The molecule has 37 heavy (non-hydrogen) atoms. The maximum Gasteiger partial charge on any atom is 0.174 e. The van der Waals surface area contributed by atoms with Crippen LogP contribution in [0.1, 0.15) is 23.5 Å². The highest BCUT2D eigenvalue weighted by molar-refractivity contribution is 9.10. The quantitative estimate of drug-likeness (QED) is 0.214. The Labute approximate surface area is 229 Å². The van der Waals surface area contributed by atoms with Gasteiger partial charge in [0, 0.05) is 33.9 Å². The van der Waals surface area contributed by atoms with E-state index in [1.54, 1.807) is 0 Å². The van der Waals surface area contributed by atoms with E-state index in [1.165, 1.54) is 0 Å². The fourth-order valence-corrected chi connectivity index (χ4v) is 5.32. The van der Waals surface area contributed by atoms with Crippen molar-refractivity contribution in [3.63, 3.8) is 0 Å². The van der Waals surface area contributed by atoms with E-state index >= 15 is 0 Å². The van der Waals surface area contributed by atoms with Crippen molar-refractivity contribution < 1.29 is 4.74 Å². The monoisotopic (exact) mass is 566 g/mol. The number of benzene rings is 3. The highest BCUT2D eigenvalue weighted by Crippen LogP contribution is 2.42. The van der Waals surface area contributed by atoms with Gasteiger partial charge in [-0.05, 0) is 97.1 Å². The molecule has 0 amide bonds. The van der Waals surface area contributed by atoms with E-state index in [9.17, 15) is 0 Å². The van der Waals surface area contributed by atoms with E-state index in [0.717, 1.165) is 38.7 Å². The van der Waals surface area contributed by atoms with Crippen molar-refractivity contribution in [1.82, 2.24) is 14.9 Å². The van der Waals surface area contributed by atoms with Gasteiger partial charge in [0.1, 0.15) is 17.5 Å². The number of halogens is 1. The molecule has 1 aliphatic heterocycles. The maximum absolute atomic E-state index is 6.01. The first-order valence-electron chi connectivity index (χ1n) is 11.9. The lowest BCUT2D eigenvalue weighted by molar-refractivity contribution is 0.482. The zero-order valence-corrected chi connectivity index (χ0v) is 22.1. The Morgan fingerprint density at radius 1 is 0.757 bits per heavy atom. The summed E-state index contributed by atoms with van der Waals surface area (Å²) in [6.45, 7) is 0. The Hall–Kier alpha value is -3.94. The zero-order valence-electron chi connectivity index (χ0n) is 19.7. The number of thiocarbonyl (C=S) groups is 1. The van der Waals surface area contributed by atoms with Gasteiger partial charge in [-0.3, -0.25) is 4.98 Å². The molecule has 6 rings (SSSR count). The SMILES string of the molecule is S=C1NC(c2ccccn2)C(c2cccn2-c2ccc(Br)cc2)N1c1ccc(Oc2ccccc2)cc1. The Balaban J connectivity index is 1.40. The molecule has 1 N–H and O–H groups in total. The molecule has 3 heterocycles. The molecule has 0 spiro atoms. The summed E-state index contributed by atoms with van der Waals surface area (Å²) in [7, 11) is 0. The van der Waals surface area contributed by atoms with Gasteiger partial charge >= 0.3 is 0 Å². The number of hydrogen-bond acceptors (Lipinski definition) is 3. The van der Waals surface area contributed by atoms with Crippen LogP contribution < -0.4 is 15.0 Å². The molecule has 1 aliphatic rings. The minimum absolute atomic E-state index is 0.123. The standard InChI is InChI=1S/C30H23BrN4OS/c31-21-11-13-22(14-12-21)34-20-6-10-27(34)29-28(26-9-4-5-19-32-26)33-30(37)35(29)23-15-17-25(18-16-23)36-24-7-2-1-3-8-24/h1-20,28-29H,(H,33,37). The van der Waals surface area contributed by atoms with Crippen LogP contribution >= 0.6 is 28.1 Å². The van der Waals surface area contributed by atoms with Crippen LogP contribution in [0.3, 0.4) is 0 Å². The smallest absolute Gasteiger partial charge is 0.174 e. The number of aromatic nitrogens is 2. The summed E-state index contributed by atoms with van der Waals surface area (Å²) in [5.74, 6) is 1.57. The molecule has 1 saturated heterocycles. The minimum atomic E-state index is -0.127. The second-order valence-corrected chi connectivity index (χ2v) is 9.99. The molecule has 0 bridgehead atoms. The van der Waals surface area contributed by atoms with E-state index in [4.69, 9.17) is 17.0 Å². The number of rotatable bonds is 6. The molecule has 0 saturated carbocycles. The van der Waals surface area contributed by atoms with Gasteiger partial charge in [-0.15, -0.1) is 0 Å². The van der Waals surface area contributed by atoms with Crippen molar-refractivity contribution in [2.45, 2.75) is 12.1 Å². The van der Waals surface area contributed by atoms with Gasteiger partial charge in [0.2, 0.25) is 0 Å². The molecular formula is C30H23BrN4OS. The van der Waals surface area contributed by atoms with Crippen LogP contribution in [0.5, 0.6) is 11.5 Å². The summed E-state index contributed by atoms with van der Waals surface area (Å²) in [6, 6.07) is 36.1. The van der Waals surface area contributed by atoms with Crippen molar-refractivity contribution in [2.24, 2.45) is 0 Å². The van der Waals surface area contributed by atoms with Crippen molar-refractivity contribution in [3.8, 4) is 17.2 Å². The van der Waals surface area contributed by atoms with Gasteiger partial charge in [0.25, 0.3) is 0 Å². The lowest BCUT2D eigenvalue weighted by Crippen LogP contribution is -2.30. The van der Waals surface area contributed by atoms with E-state index in [2.05, 4.69) is 78.3 Å². The van der Waals surface area contributed by atoms with Crippen LogP contribution in [0.2, 0.25) is 0 Å². The fourth-order valence-electron chi connectivity index (χ4n) is 4.70. The predicted molar refractivity (Wildman–Crippen MR) is 154 cm³/mol. The number of para-hydroxylation sites is 1. The van der Waals surface area contributed by atoms with Crippen LogP contribution in [0, 0.1) is 0 Å². The van der Waals surface area contributed by atoms with Crippen molar-refractivity contribution in [3.05, 3.63) is 137 Å². The van der Waals surface area contributed by atoms with Gasteiger partial charge < -0.3 is 19.5 Å². The summed E-state index contributed by atoms with van der Waals surface area (Å²) < 4.78 is 9.27. The average Bonchev–Trinajstić information content (AvgIpc) is 3.55.